The van der Waals surface area contributed by atoms with Crippen LogP contribution in [0.1, 0.15) is 6.92 Å². The summed E-state index contributed by atoms with van der Waals surface area (Å²) in [5, 5.41) is 7.87. The molecule has 23 heavy (non-hydrogen) atoms. The van der Waals surface area contributed by atoms with E-state index < -0.39 is 47.6 Å². The smallest absolute Gasteiger partial charge is 0.477 e. The van der Waals surface area contributed by atoms with Crippen molar-refractivity contribution in [2.45, 2.75) is 24.4 Å². The second-order valence-electron chi connectivity index (χ2n) is 4.72. The Labute approximate surface area is 131 Å². The van der Waals surface area contributed by atoms with Gasteiger partial charge in [0.2, 0.25) is 5.72 Å². The first-order valence-electron chi connectivity index (χ1n) is 6.07. The van der Waals surface area contributed by atoms with Gasteiger partial charge in [-0.25, -0.2) is 4.79 Å². The number of carbonyl (C=O) groups excluding carboxylic acids is 2. The van der Waals surface area contributed by atoms with Crippen molar-refractivity contribution in [1.82, 2.24) is 4.90 Å². The highest BCUT2D eigenvalue weighted by atomic mass is 32.2. The number of aliphatic carboxylic acids is 1. The molecule has 0 bridgehead atoms. The van der Waals surface area contributed by atoms with Crippen molar-refractivity contribution >= 4 is 29.6 Å². The molecule has 128 valence electrons. The normalized spacial score (nSPS) is 27.4. The Balaban J connectivity index is 2.30. The van der Waals surface area contributed by atoms with Crippen LogP contribution in [0.3, 0.4) is 0 Å². The van der Waals surface area contributed by atoms with Crippen LogP contribution < -0.4 is 5.73 Å². The zero-order chi connectivity index (χ0) is 17.6. The lowest BCUT2D eigenvalue weighted by Gasteiger charge is -2.54. The molecule has 2 rings (SSSR count). The number of hydrogen-bond donors (Lipinski definition) is 2. The van der Waals surface area contributed by atoms with Crippen LogP contribution in [0.15, 0.2) is 11.3 Å². The topological polar surface area (TPSA) is 119 Å². The van der Waals surface area contributed by atoms with E-state index in [4.69, 9.17) is 5.73 Å². The number of fused-ring (bicyclic) bond motifs is 1. The minimum atomic E-state index is -5.15. The highest BCUT2D eigenvalue weighted by Crippen LogP contribution is 2.47. The number of nitrogens with two attached hydrogens (primary N) is 1. The highest BCUT2D eigenvalue weighted by molar-refractivity contribution is 8.00. The maximum absolute atomic E-state index is 12.4. The summed E-state index contributed by atoms with van der Waals surface area (Å²) >= 11 is 0.788. The molecule has 0 radical (unpaired) electrons. The van der Waals surface area contributed by atoms with Crippen LogP contribution in [0.5, 0.6) is 0 Å². The number of β-lactam (4-membered cyclic amide) rings is 1. The summed E-state index contributed by atoms with van der Waals surface area (Å²) in [5.41, 5.74) is 2.21. The molecule has 2 aliphatic rings. The van der Waals surface area contributed by atoms with Crippen molar-refractivity contribution in [3.8, 4) is 0 Å². The number of rotatable bonds is 4. The largest absolute Gasteiger partial charge is 0.524 e. The van der Waals surface area contributed by atoms with Gasteiger partial charge in [0.15, 0.2) is 0 Å². The fourth-order valence-corrected chi connectivity index (χ4v) is 3.53. The SMILES string of the molecule is CC(=O)OCC1=C(C(=O)O)N2C(=O)[C@@](N)(OC(F)(F)F)[C@H]2SC1. The van der Waals surface area contributed by atoms with E-state index in [-0.39, 0.29) is 11.3 Å². The van der Waals surface area contributed by atoms with Gasteiger partial charge >= 0.3 is 18.3 Å². The number of carboxylic acids is 1. The first kappa shape index (κ1) is 17.6. The van der Waals surface area contributed by atoms with E-state index in [1.165, 1.54) is 0 Å². The number of hydrogen-bond acceptors (Lipinski definition) is 7. The van der Waals surface area contributed by atoms with E-state index in [9.17, 15) is 32.7 Å². The Kier molecular flexibility index (Phi) is 4.34. The van der Waals surface area contributed by atoms with Gasteiger partial charge in [0.25, 0.3) is 5.91 Å². The summed E-state index contributed by atoms with van der Waals surface area (Å²) in [5.74, 6) is -3.62. The van der Waals surface area contributed by atoms with Gasteiger partial charge in [-0.1, -0.05) is 0 Å². The number of nitrogens with zero attached hydrogens (tertiary/aromatic N) is 1. The molecule has 0 aromatic carbocycles. The average molecular weight is 356 g/mol. The maximum atomic E-state index is 12.4. The standard InChI is InChI=1S/C11H11F3N2O6S/c1-4(17)21-2-5-3-23-9-10(15,22-11(12,13)14)8(20)16(9)6(5)7(18)19/h9H,2-3,15H2,1H3,(H,18,19)/t9-,10-/m1/s1. The number of carboxylic acid groups (broad SMARTS) is 1. The first-order chi connectivity index (χ1) is 10.5. The molecule has 0 aliphatic carbocycles. The van der Waals surface area contributed by atoms with Gasteiger partial charge < -0.3 is 9.84 Å². The van der Waals surface area contributed by atoms with Gasteiger partial charge in [-0.05, 0) is 0 Å². The number of alkyl halides is 3. The predicted molar refractivity (Wildman–Crippen MR) is 68.4 cm³/mol. The van der Waals surface area contributed by atoms with Gasteiger partial charge in [-0.15, -0.1) is 24.9 Å². The van der Waals surface area contributed by atoms with E-state index in [1.54, 1.807) is 0 Å². The van der Waals surface area contributed by atoms with Gasteiger partial charge in [0, 0.05) is 18.2 Å². The van der Waals surface area contributed by atoms with Gasteiger partial charge in [0.05, 0.1) is 0 Å². The Morgan fingerprint density at radius 3 is 2.61 bits per heavy atom. The fraction of sp³-hybridized carbons (Fsp3) is 0.545. The maximum Gasteiger partial charge on any atom is 0.524 e. The summed E-state index contributed by atoms with van der Waals surface area (Å²) < 4.78 is 45.5. The van der Waals surface area contributed by atoms with Crippen molar-refractivity contribution in [2.24, 2.45) is 5.73 Å². The molecule has 0 aromatic rings. The first-order valence-corrected chi connectivity index (χ1v) is 7.12. The second-order valence-corrected chi connectivity index (χ2v) is 5.79. The number of halogens is 3. The Hall–Kier alpha value is -1.79. The molecule has 0 spiro atoms. The van der Waals surface area contributed by atoms with E-state index in [0.717, 1.165) is 18.7 Å². The average Bonchev–Trinajstić information content (AvgIpc) is 2.41. The third-order valence-corrected chi connectivity index (χ3v) is 4.47. The monoisotopic (exact) mass is 356 g/mol. The summed E-state index contributed by atoms with van der Waals surface area (Å²) in [7, 11) is 0. The molecular formula is C11H11F3N2O6S. The van der Waals surface area contributed by atoms with Crippen LogP contribution >= 0.6 is 11.8 Å². The fourth-order valence-electron chi connectivity index (χ4n) is 2.20. The van der Waals surface area contributed by atoms with Crippen LogP contribution in [0.2, 0.25) is 0 Å². The number of carbonyl (C=O) groups is 3. The molecular weight excluding hydrogens is 345 g/mol. The van der Waals surface area contributed by atoms with Gasteiger partial charge in [-0.2, -0.15) is 0 Å². The molecule has 0 aromatic heterocycles. The molecule has 3 N–H and O–H groups in total. The number of amides is 1. The molecule has 1 fully saturated rings. The van der Waals surface area contributed by atoms with E-state index in [0.29, 0.717) is 4.90 Å². The minimum absolute atomic E-state index is 0.0798. The van der Waals surface area contributed by atoms with E-state index >= 15 is 0 Å². The van der Waals surface area contributed by atoms with E-state index in [1.807, 2.05) is 0 Å². The highest BCUT2D eigenvalue weighted by Gasteiger charge is 2.67. The van der Waals surface area contributed by atoms with Crippen molar-refractivity contribution in [3.05, 3.63) is 11.3 Å². The second kappa shape index (κ2) is 5.69. The zero-order valence-corrected chi connectivity index (χ0v) is 12.4. The van der Waals surface area contributed by atoms with Crippen LogP contribution in [0.25, 0.3) is 0 Å². The third-order valence-electron chi connectivity index (χ3n) is 3.08. The molecule has 1 amide bonds. The molecule has 1 saturated heterocycles. The zero-order valence-electron chi connectivity index (χ0n) is 11.5. The molecule has 12 heteroatoms. The molecule has 2 aliphatic heterocycles. The molecule has 0 unspecified atom stereocenters. The Bertz CT molecular complexity index is 607. The van der Waals surface area contributed by atoms with E-state index in [2.05, 4.69) is 9.47 Å². The summed E-state index contributed by atoms with van der Waals surface area (Å²) in [6, 6.07) is 0. The van der Waals surface area contributed by atoms with Crippen molar-refractivity contribution in [2.75, 3.05) is 12.4 Å². The minimum Gasteiger partial charge on any atom is -0.477 e. The van der Waals surface area contributed by atoms with Crippen LogP contribution in [0.4, 0.5) is 13.2 Å². The Morgan fingerprint density at radius 2 is 2.13 bits per heavy atom. The quantitative estimate of drug-likeness (QED) is 0.410. The number of esters is 1. The third kappa shape index (κ3) is 3.14. The molecule has 0 saturated carbocycles. The Morgan fingerprint density at radius 1 is 1.52 bits per heavy atom. The lowest BCUT2D eigenvalue weighted by atomic mass is 9.99. The predicted octanol–water partition coefficient (Wildman–Crippen LogP) is -0.00530. The molecule has 2 atom stereocenters. The molecule has 8 nitrogen and oxygen atoms in total. The number of thioether (sulfide) groups is 1. The number of ether oxygens (including phenoxy) is 2. The lowest BCUT2D eigenvalue weighted by Crippen LogP contribution is -2.80. The summed E-state index contributed by atoms with van der Waals surface area (Å²) in [6.45, 7) is 0.717. The molecule has 2 heterocycles. The van der Waals surface area contributed by atoms with Crippen LogP contribution in [0, 0.1) is 0 Å². The van der Waals surface area contributed by atoms with Crippen LogP contribution in [-0.2, 0) is 23.9 Å². The van der Waals surface area contributed by atoms with Crippen molar-refractivity contribution < 1.29 is 42.1 Å². The van der Waals surface area contributed by atoms with Gasteiger partial charge in [-0.3, -0.25) is 25.0 Å². The lowest BCUT2D eigenvalue weighted by molar-refractivity contribution is -0.371. The summed E-state index contributed by atoms with van der Waals surface area (Å²) in [4.78, 5) is 34.7. The van der Waals surface area contributed by atoms with Crippen molar-refractivity contribution in [1.29, 1.82) is 0 Å². The summed E-state index contributed by atoms with van der Waals surface area (Å²) in [6.07, 6.45) is -5.15. The van der Waals surface area contributed by atoms with Crippen molar-refractivity contribution in [3.63, 3.8) is 0 Å². The van der Waals surface area contributed by atoms with Crippen LogP contribution in [-0.4, -0.2) is 57.7 Å². The van der Waals surface area contributed by atoms with Gasteiger partial charge in [0.1, 0.15) is 17.7 Å².